The van der Waals surface area contributed by atoms with Crippen LogP contribution < -0.4 is 5.32 Å². The Labute approximate surface area is 120 Å². The minimum absolute atomic E-state index is 0.135. The normalized spacial score (nSPS) is 16.8. The van der Waals surface area contributed by atoms with Crippen LogP contribution in [-0.4, -0.2) is 18.4 Å². The Balaban J connectivity index is 1.88. The molecule has 0 spiro atoms. The molecule has 1 aromatic rings. The summed E-state index contributed by atoms with van der Waals surface area (Å²) in [6.45, 7) is 1.75. The van der Waals surface area contributed by atoms with E-state index in [1.165, 1.54) is 12.5 Å². The highest BCUT2D eigenvalue weighted by Crippen LogP contribution is 2.35. The van der Waals surface area contributed by atoms with Crippen molar-refractivity contribution in [2.75, 3.05) is 6.54 Å². The molecule has 0 saturated heterocycles. The van der Waals surface area contributed by atoms with Crippen LogP contribution in [0.15, 0.2) is 22.7 Å². The van der Waals surface area contributed by atoms with Crippen LogP contribution in [-0.2, 0) is 20.7 Å². The number of hydrogen-bond acceptors (Lipinski definition) is 3. The molecule has 1 aliphatic carbocycles. The summed E-state index contributed by atoms with van der Waals surface area (Å²) >= 11 is 3.44. The Bertz CT molecular complexity index is 501. The van der Waals surface area contributed by atoms with E-state index >= 15 is 0 Å². The average molecular weight is 326 g/mol. The van der Waals surface area contributed by atoms with Gasteiger partial charge in [0.05, 0.1) is 6.42 Å². The lowest BCUT2D eigenvalue weighted by Crippen LogP contribution is -2.24. The molecule has 4 nitrogen and oxygen atoms in total. The van der Waals surface area contributed by atoms with Crippen LogP contribution in [0.25, 0.3) is 0 Å². The summed E-state index contributed by atoms with van der Waals surface area (Å²) in [5.41, 5.74) is 2.32. The molecule has 19 heavy (non-hydrogen) atoms. The first-order valence-corrected chi connectivity index (χ1v) is 7.08. The molecule has 1 aromatic carbocycles. The fraction of sp³-hybridized carbons (Fsp3) is 0.429. The Hall–Kier alpha value is -1.36. The fourth-order valence-corrected chi connectivity index (χ4v) is 2.64. The molecule has 1 aliphatic rings. The Morgan fingerprint density at radius 3 is 3.00 bits per heavy atom. The van der Waals surface area contributed by atoms with Crippen molar-refractivity contribution in [3.8, 4) is 0 Å². The highest BCUT2D eigenvalue weighted by Gasteiger charge is 2.25. The zero-order chi connectivity index (χ0) is 13.8. The van der Waals surface area contributed by atoms with Gasteiger partial charge in [-0.05, 0) is 36.1 Å². The molecule has 0 radical (unpaired) electrons. The third kappa shape index (κ3) is 3.80. The summed E-state index contributed by atoms with van der Waals surface area (Å²) in [5.74, 6) is -0.404. The molecule has 1 unspecified atom stereocenters. The second kappa shape index (κ2) is 6.19. The maximum atomic E-state index is 11.7. The summed E-state index contributed by atoms with van der Waals surface area (Å²) < 4.78 is 6.50. The number of fused-ring (bicyclic) bond motifs is 1. The minimum atomic E-state index is -0.269. The van der Waals surface area contributed by atoms with Crippen LogP contribution in [0.3, 0.4) is 0 Å². The van der Waals surface area contributed by atoms with Crippen LogP contribution in [0.2, 0.25) is 0 Å². The molecule has 2 rings (SSSR count). The predicted octanol–water partition coefficient (Wildman–Crippen LogP) is 2.51. The van der Waals surface area contributed by atoms with Gasteiger partial charge in [-0.25, -0.2) is 0 Å². The van der Waals surface area contributed by atoms with Crippen LogP contribution in [0.4, 0.5) is 0 Å². The van der Waals surface area contributed by atoms with E-state index in [0.29, 0.717) is 6.54 Å². The van der Waals surface area contributed by atoms with E-state index in [1.807, 2.05) is 12.1 Å². The Morgan fingerprint density at radius 2 is 2.26 bits per heavy atom. The molecule has 0 saturated carbocycles. The van der Waals surface area contributed by atoms with E-state index in [4.69, 9.17) is 4.74 Å². The van der Waals surface area contributed by atoms with E-state index in [2.05, 4.69) is 27.3 Å². The van der Waals surface area contributed by atoms with Crippen molar-refractivity contribution in [1.82, 2.24) is 5.32 Å². The van der Waals surface area contributed by atoms with E-state index < -0.39 is 0 Å². The molecular weight excluding hydrogens is 310 g/mol. The summed E-state index contributed by atoms with van der Waals surface area (Å²) in [5, 5.41) is 2.58. The van der Waals surface area contributed by atoms with Crippen molar-refractivity contribution in [1.29, 1.82) is 0 Å². The van der Waals surface area contributed by atoms with Crippen LogP contribution in [0.5, 0.6) is 0 Å². The zero-order valence-electron chi connectivity index (χ0n) is 10.7. The number of benzene rings is 1. The van der Waals surface area contributed by atoms with Crippen molar-refractivity contribution in [3.63, 3.8) is 0 Å². The van der Waals surface area contributed by atoms with E-state index in [9.17, 15) is 9.59 Å². The first kappa shape index (κ1) is 14.1. The first-order valence-electron chi connectivity index (χ1n) is 6.28. The molecule has 5 heteroatoms. The largest absolute Gasteiger partial charge is 0.457 e. The minimum Gasteiger partial charge on any atom is -0.457 e. The molecule has 0 aliphatic heterocycles. The molecular formula is C14H16BrNO3. The van der Waals surface area contributed by atoms with Gasteiger partial charge < -0.3 is 10.1 Å². The Kier molecular flexibility index (Phi) is 4.58. The number of rotatable bonds is 4. The summed E-state index contributed by atoms with van der Waals surface area (Å²) in [4.78, 5) is 22.4. The SMILES string of the molecule is CC(=O)NCCC(=O)OC1CCc2cc(Br)ccc21. The van der Waals surface area contributed by atoms with Gasteiger partial charge in [0, 0.05) is 17.9 Å². The molecule has 1 N–H and O–H groups in total. The van der Waals surface area contributed by atoms with Gasteiger partial charge in [0.2, 0.25) is 5.91 Å². The summed E-state index contributed by atoms with van der Waals surface area (Å²) in [6.07, 6.45) is 1.82. The number of carbonyl (C=O) groups is 2. The van der Waals surface area contributed by atoms with Gasteiger partial charge in [0.25, 0.3) is 0 Å². The monoisotopic (exact) mass is 325 g/mol. The molecule has 0 heterocycles. The first-order chi connectivity index (χ1) is 9.06. The highest BCUT2D eigenvalue weighted by molar-refractivity contribution is 9.10. The maximum absolute atomic E-state index is 11.7. The van der Waals surface area contributed by atoms with Crippen LogP contribution in [0, 0.1) is 0 Å². The lowest BCUT2D eigenvalue weighted by molar-refractivity contribution is -0.149. The molecule has 0 fully saturated rings. The van der Waals surface area contributed by atoms with Gasteiger partial charge in [0.15, 0.2) is 0 Å². The zero-order valence-corrected chi connectivity index (χ0v) is 12.3. The molecule has 102 valence electrons. The van der Waals surface area contributed by atoms with Gasteiger partial charge in [-0.2, -0.15) is 0 Å². The predicted molar refractivity (Wildman–Crippen MR) is 74.6 cm³/mol. The maximum Gasteiger partial charge on any atom is 0.308 e. The summed E-state index contributed by atoms with van der Waals surface area (Å²) in [6, 6.07) is 6.03. The van der Waals surface area contributed by atoms with Crippen molar-refractivity contribution < 1.29 is 14.3 Å². The number of carbonyl (C=O) groups excluding carboxylic acids is 2. The second-order valence-electron chi connectivity index (χ2n) is 4.59. The number of esters is 1. The van der Waals surface area contributed by atoms with Crippen LogP contribution in [0.1, 0.15) is 37.0 Å². The van der Waals surface area contributed by atoms with E-state index in [1.54, 1.807) is 0 Å². The summed E-state index contributed by atoms with van der Waals surface area (Å²) in [7, 11) is 0. The lowest BCUT2D eigenvalue weighted by atomic mass is 10.1. The van der Waals surface area contributed by atoms with Crippen LogP contribution >= 0.6 is 15.9 Å². The third-order valence-electron chi connectivity index (χ3n) is 3.10. The lowest BCUT2D eigenvalue weighted by Gasteiger charge is -2.13. The van der Waals surface area contributed by atoms with Gasteiger partial charge in [-0.1, -0.05) is 22.0 Å². The quantitative estimate of drug-likeness (QED) is 0.865. The topological polar surface area (TPSA) is 55.4 Å². The van der Waals surface area contributed by atoms with E-state index in [0.717, 1.165) is 22.9 Å². The van der Waals surface area contributed by atoms with Gasteiger partial charge in [-0.15, -0.1) is 0 Å². The fourth-order valence-electron chi connectivity index (χ4n) is 2.23. The van der Waals surface area contributed by atoms with Gasteiger partial charge in [0.1, 0.15) is 6.10 Å². The standard InChI is InChI=1S/C14H16BrNO3/c1-9(17)16-7-6-14(18)19-13-5-2-10-8-11(15)3-4-12(10)13/h3-4,8,13H,2,5-7H2,1H3,(H,16,17). The molecule has 1 amide bonds. The average Bonchev–Trinajstić information content (AvgIpc) is 2.71. The van der Waals surface area contributed by atoms with Gasteiger partial charge in [-0.3, -0.25) is 9.59 Å². The number of ether oxygens (including phenoxy) is 1. The third-order valence-corrected chi connectivity index (χ3v) is 3.60. The van der Waals surface area contributed by atoms with Crippen molar-refractivity contribution in [3.05, 3.63) is 33.8 Å². The molecule has 1 atom stereocenters. The number of nitrogens with one attached hydrogen (secondary N) is 1. The number of aryl methyl sites for hydroxylation is 1. The molecule has 0 aromatic heterocycles. The number of halogens is 1. The Morgan fingerprint density at radius 1 is 1.47 bits per heavy atom. The second-order valence-corrected chi connectivity index (χ2v) is 5.51. The van der Waals surface area contributed by atoms with E-state index in [-0.39, 0.29) is 24.4 Å². The van der Waals surface area contributed by atoms with Crippen molar-refractivity contribution in [2.45, 2.75) is 32.3 Å². The van der Waals surface area contributed by atoms with Gasteiger partial charge >= 0.3 is 5.97 Å². The number of amides is 1. The number of hydrogen-bond donors (Lipinski definition) is 1. The van der Waals surface area contributed by atoms with Crippen molar-refractivity contribution in [2.24, 2.45) is 0 Å². The highest BCUT2D eigenvalue weighted by atomic mass is 79.9. The molecule has 0 bridgehead atoms. The smallest absolute Gasteiger partial charge is 0.308 e. The van der Waals surface area contributed by atoms with Crippen molar-refractivity contribution >= 4 is 27.8 Å².